The molecule has 0 spiro atoms. The van der Waals surface area contributed by atoms with Crippen molar-refractivity contribution in [3.8, 4) is 0 Å². The van der Waals surface area contributed by atoms with Crippen LogP contribution in [0.15, 0.2) is 0 Å². The van der Waals surface area contributed by atoms with Gasteiger partial charge in [0.15, 0.2) is 0 Å². The molecule has 0 aromatic rings. The smallest absolute Gasteiger partial charge is 0.276 e. The summed E-state index contributed by atoms with van der Waals surface area (Å²) in [4.78, 5) is 20.7. The first-order chi connectivity index (χ1) is 4.57. The van der Waals surface area contributed by atoms with Crippen molar-refractivity contribution in [2.24, 2.45) is 0 Å². The van der Waals surface area contributed by atoms with Crippen LogP contribution in [0, 0.1) is 0 Å². The molecule has 0 aromatic carbocycles. The van der Waals surface area contributed by atoms with E-state index < -0.39 is 11.9 Å². The lowest BCUT2D eigenvalue weighted by Gasteiger charge is -2.04. The van der Waals surface area contributed by atoms with E-state index in [-0.39, 0.29) is 11.5 Å². The fraction of sp³-hybridized carbons (Fsp3) is 0.600. The molecule has 0 aliphatic heterocycles. The predicted molar refractivity (Wildman–Crippen MR) is 32.7 cm³/mol. The molecular weight excluding hydrogens is 139 g/mol. The Morgan fingerprint density at radius 2 is 2.10 bits per heavy atom. The van der Waals surface area contributed by atoms with Crippen molar-refractivity contribution in [1.29, 1.82) is 0 Å². The van der Waals surface area contributed by atoms with Gasteiger partial charge in [0, 0.05) is 13.5 Å². The summed E-state index contributed by atoms with van der Waals surface area (Å²) in [5, 5.41) is 1.62. The zero-order chi connectivity index (χ0) is 8.15. The van der Waals surface area contributed by atoms with Gasteiger partial charge in [0.1, 0.15) is 0 Å². The molecule has 5 heteroatoms. The molecule has 1 N–H and O–H groups in total. The lowest BCUT2D eigenvalue weighted by atomic mass is 10.5. The highest BCUT2D eigenvalue weighted by atomic mass is 19.2. The third-order valence-corrected chi connectivity index (χ3v) is 0.847. The van der Waals surface area contributed by atoms with E-state index in [9.17, 15) is 14.1 Å². The summed E-state index contributed by atoms with van der Waals surface area (Å²) in [7, 11) is 0.915. The highest BCUT2D eigenvalue weighted by Gasteiger charge is 2.08. The number of halogens is 1. The molecule has 4 nitrogen and oxygen atoms in total. The van der Waals surface area contributed by atoms with Crippen LogP contribution < -0.4 is 5.32 Å². The van der Waals surface area contributed by atoms with Gasteiger partial charge in [0.25, 0.3) is 0 Å². The first-order valence-electron chi connectivity index (χ1n) is 2.81. The number of nitrogens with one attached hydrogen (secondary N) is 1. The van der Waals surface area contributed by atoms with E-state index in [1.165, 1.54) is 0 Å². The Hall–Kier alpha value is -1.13. The number of imide groups is 1. The standard InChI is InChI=1S/C5H9FN2O2/c1-3-4(9)7-5(10)8(2)6/h3H2,1-2H3,(H,7,9,10). The molecule has 0 fully saturated rings. The lowest BCUT2D eigenvalue weighted by Crippen LogP contribution is -2.36. The van der Waals surface area contributed by atoms with Gasteiger partial charge in [0.05, 0.1) is 0 Å². The Labute approximate surface area is 57.9 Å². The molecule has 0 aliphatic carbocycles. The number of rotatable bonds is 1. The summed E-state index contributed by atoms with van der Waals surface area (Å²) in [6, 6.07) is -1.04. The third-order valence-electron chi connectivity index (χ3n) is 0.847. The van der Waals surface area contributed by atoms with E-state index in [0.29, 0.717) is 0 Å². The van der Waals surface area contributed by atoms with E-state index in [4.69, 9.17) is 0 Å². The van der Waals surface area contributed by atoms with Gasteiger partial charge in [-0.25, -0.2) is 4.79 Å². The van der Waals surface area contributed by atoms with Gasteiger partial charge in [-0.05, 0) is 0 Å². The van der Waals surface area contributed by atoms with Crippen molar-refractivity contribution in [3.63, 3.8) is 0 Å². The van der Waals surface area contributed by atoms with Crippen molar-refractivity contribution in [2.45, 2.75) is 13.3 Å². The summed E-state index contributed by atoms with van der Waals surface area (Å²) >= 11 is 0. The molecule has 0 unspecified atom stereocenters. The second-order valence-corrected chi connectivity index (χ2v) is 1.68. The van der Waals surface area contributed by atoms with Gasteiger partial charge in [-0.3, -0.25) is 10.1 Å². The molecule has 0 heterocycles. The van der Waals surface area contributed by atoms with Crippen LogP contribution in [0.4, 0.5) is 9.28 Å². The summed E-state index contributed by atoms with van der Waals surface area (Å²) in [5.74, 6) is -0.491. The van der Waals surface area contributed by atoms with Crippen molar-refractivity contribution in [3.05, 3.63) is 0 Å². The molecule has 0 saturated carbocycles. The van der Waals surface area contributed by atoms with Gasteiger partial charge < -0.3 is 0 Å². The van der Waals surface area contributed by atoms with Crippen LogP contribution in [0.1, 0.15) is 13.3 Å². The van der Waals surface area contributed by atoms with Gasteiger partial charge >= 0.3 is 6.03 Å². The van der Waals surface area contributed by atoms with E-state index in [2.05, 4.69) is 0 Å². The van der Waals surface area contributed by atoms with Crippen molar-refractivity contribution in [1.82, 2.24) is 10.4 Å². The maximum absolute atomic E-state index is 11.9. The average Bonchev–Trinajstić information content (AvgIpc) is 1.87. The number of hydrogen-bond donors (Lipinski definition) is 1. The molecule has 0 aromatic heterocycles. The van der Waals surface area contributed by atoms with Crippen LogP contribution in [0.2, 0.25) is 0 Å². The molecule has 0 rings (SSSR count). The van der Waals surface area contributed by atoms with Crippen LogP contribution in [0.25, 0.3) is 0 Å². The minimum absolute atomic E-state index is 0.166. The zero-order valence-electron chi connectivity index (χ0n) is 5.85. The third kappa shape index (κ3) is 3.01. The van der Waals surface area contributed by atoms with Crippen LogP contribution in [0.3, 0.4) is 0 Å². The zero-order valence-corrected chi connectivity index (χ0v) is 5.85. The Kier molecular flexibility index (Phi) is 3.38. The van der Waals surface area contributed by atoms with Gasteiger partial charge in [0.2, 0.25) is 5.91 Å². The Morgan fingerprint density at radius 1 is 1.60 bits per heavy atom. The van der Waals surface area contributed by atoms with Crippen LogP contribution in [-0.4, -0.2) is 24.1 Å². The van der Waals surface area contributed by atoms with E-state index >= 15 is 0 Å². The van der Waals surface area contributed by atoms with Crippen molar-refractivity contribution < 1.29 is 14.1 Å². The topological polar surface area (TPSA) is 49.4 Å². The number of hydrogen-bond acceptors (Lipinski definition) is 2. The number of nitrogens with zero attached hydrogens (tertiary/aromatic N) is 1. The van der Waals surface area contributed by atoms with E-state index in [1.54, 1.807) is 12.2 Å². The second kappa shape index (κ2) is 3.81. The number of amides is 3. The Balaban J connectivity index is 3.69. The quantitative estimate of drug-likeness (QED) is 0.549. The minimum atomic E-state index is -1.04. The normalized spacial score (nSPS) is 8.70. The van der Waals surface area contributed by atoms with Crippen LogP contribution in [0.5, 0.6) is 0 Å². The molecule has 0 radical (unpaired) electrons. The molecule has 0 saturated heterocycles. The maximum Gasteiger partial charge on any atom is 0.351 e. The molecule has 3 amide bonds. The monoisotopic (exact) mass is 148 g/mol. The summed E-state index contributed by atoms with van der Waals surface area (Å²) in [5.41, 5.74) is 0. The molecule has 0 bridgehead atoms. The second-order valence-electron chi connectivity index (χ2n) is 1.68. The molecule has 58 valence electrons. The molecular formula is C5H9FN2O2. The number of urea groups is 1. The fourth-order valence-electron chi connectivity index (χ4n) is 0.285. The van der Waals surface area contributed by atoms with Crippen molar-refractivity contribution in [2.75, 3.05) is 7.05 Å². The first-order valence-corrected chi connectivity index (χ1v) is 2.81. The average molecular weight is 148 g/mol. The van der Waals surface area contributed by atoms with E-state index in [1.807, 2.05) is 0 Å². The summed E-state index contributed by atoms with van der Waals surface area (Å²) in [6.45, 7) is 1.57. The van der Waals surface area contributed by atoms with Gasteiger partial charge in [-0.15, -0.1) is 0 Å². The van der Waals surface area contributed by atoms with Crippen LogP contribution in [-0.2, 0) is 4.79 Å². The number of carbonyl (C=O) groups is 2. The summed E-state index contributed by atoms with van der Waals surface area (Å²) in [6.07, 6.45) is 0.166. The van der Waals surface area contributed by atoms with E-state index in [0.717, 1.165) is 7.05 Å². The fourth-order valence-corrected chi connectivity index (χ4v) is 0.285. The lowest BCUT2D eigenvalue weighted by molar-refractivity contribution is -0.120. The summed E-state index contributed by atoms with van der Waals surface area (Å²) < 4.78 is 11.9. The van der Waals surface area contributed by atoms with Crippen molar-refractivity contribution >= 4 is 11.9 Å². The minimum Gasteiger partial charge on any atom is -0.276 e. The highest BCUT2D eigenvalue weighted by Crippen LogP contribution is 1.83. The molecule has 0 atom stereocenters. The largest absolute Gasteiger partial charge is 0.351 e. The predicted octanol–water partition coefficient (Wildman–Crippen LogP) is 0.449. The number of carbonyl (C=O) groups excluding carboxylic acids is 2. The maximum atomic E-state index is 11.9. The molecule has 0 aliphatic rings. The van der Waals surface area contributed by atoms with Crippen LogP contribution >= 0.6 is 0 Å². The first kappa shape index (κ1) is 8.87. The molecule has 10 heavy (non-hydrogen) atoms. The van der Waals surface area contributed by atoms with Gasteiger partial charge in [-0.2, -0.15) is 5.12 Å². The highest BCUT2D eigenvalue weighted by molar-refractivity contribution is 5.93. The Bertz CT molecular complexity index is 147. The SMILES string of the molecule is CCC(=O)NC(=O)N(C)F. The van der Waals surface area contributed by atoms with Gasteiger partial charge in [-0.1, -0.05) is 11.4 Å². The Morgan fingerprint density at radius 3 is 2.40 bits per heavy atom.